The highest BCUT2D eigenvalue weighted by molar-refractivity contribution is 6.30. The molecule has 1 unspecified atom stereocenters. The Morgan fingerprint density at radius 3 is 2.50 bits per heavy atom. The van der Waals surface area contributed by atoms with Gasteiger partial charge in [0, 0.05) is 6.04 Å². The predicted octanol–water partition coefficient (Wildman–Crippen LogP) is 3.87. The van der Waals surface area contributed by atoms with Gasteiger partial charge in [0.25, 0.3) is 0 Å². The van der Waals surface area contributed by atoms with E-state index in [1.54, 1.807) is 12.1 Å². The average Bonchev–Trinajstić information content (AvgIpc) is 2.68. The van der Waals surface area contributed by atoms with E-state index in [0.29, 0.717) is 0 Å². The Balaban J connectivity index is 2.25. The van der Waals surface area contributed by atoms with Crippen LogP contribution in [-0.2, 0) is 4.79 Å². The number of nitrogens with zero attached hydrogens (tertiary/aromatic N) is 1. The number of carbonyl (C=O) groups is 1. The van der Waals surface area contributed by atoms with Crippen molar-refractivity contribution >= 4 is 17.6 Å². The van der Waals surface area contributed by atoms with Crippen LogP contribution in [0.25, 0.3) is 0 Å². The lowest BCUT2D eigenvalue weighted by atomic mass is 10.0. The van der Waals surface area contributed by atoms with Gasteiger partial charge in [0.05, 0.1) is 11.4 Å². The Morgan fingerprint density at radius 1 is 1.30 bits per heavy atom. The third kappa shape index (κ3) is 3.93. The SMILES string of the molecule is O=C(O)CC(c1ccc(F)c(Cl)c1)N1CCCCCC1. The lowest BCUT2D eigenvalue weighted by Crippen LogP contribution is -2.31. The minimum atomic E-state index is -0.848. The van der Waals surface area contributed by atoms with Gasteiger partial charge < -0.3 is 5.11 Å². The molecule has 5 heteroatoms. The van der Waals surface area contributed by atoms with Gasteiger partial charge >= 0.3 is 5.97 Å². The van der Waals surface area contributed by atoms with Gasteiger partial charge in [-0.2, -0.15) is 0 Å². The highest BCUT2D eigenvalue weighted by Crippen LogP contribution is 2.29. The van der Waals surface area contributed by atoms with E-state index in [1.807, 2.05) is 0 Å². The van der Waals surface area contributed by atoms with Crippen LogP contribution in [0.2, 0.25) is 5.02 Å². The fourth-order valence-electron chi connectivity index (χ4n) is 2.75. The van der Waals surface area contributed by atoms with Crippen molar-refractivity contribution in [3.8, 4) is 0 Å². The van der Waals surface area contributed by atoms with Crippen LogP contribution >= 0.6 is 11.6 Å². The van der Waals surface area contributed by atoms with Crippen molar-refractivity contribution in [1.82, 2.24) is 4.90 Å². The molecule has 110 valence electrons. The second-order valence-electron chi connectivity index (χ2n) is 5.24. The predicted molar refractivity (Wildman–Crippen MR) is 76.4 cm³/mol. The second kappa shape index (κ2) is 7.04. The van der Waals surface area contributed by atoms with Crippen molar-refractivity contribution in [1.29, 1.82) is 0 Å². The topological polar surface area (TPSA) is 40.5 Å². The molecule has 1 fully saturated rings. The zero-order valence-corrected chi connectivity index (χ0v) is 12.1. The van der Waals surface area contributed by atoms with Crippen LogP contribution in [0.5, 0.6) is 0 Å². The van der Waals surface area contributed by atoms with Gasteiger partial charge in [-0.25, -0.2) is 4.39 Å². The van der Waals surface area contributed by atoms with Crippen LogP contribution in [0.4, 0.5) is 4.39 Å². The maximum atomic E-state index is 13.3. The van der Waals surface area contributed by atoms with Gasteiger partial charge in [0.15, 0.2) is 0 Å². The lowest BCUT2D eigenvalue weighted by molar-refractivity contribution is -0.138. The zero-order valence-electron chi connectivity index (χ0n) is 11.3. The third-order valence-electron chi connectivity index (χ3n) is 3.78. The van der Waals surface area contributed by atoms with Crippen LogP contribution in [0.1, 0.15) is 43.7 Å². The summed E-state index contributed by atoms with van der Waals surface area (Å²) in [6.07, 6.45) is 4.53. The average molecular weight is 300 g/mol. The molecule has 3 nitrogen and oxygen atoms in total. The van der Waals surface area contributed by atoms with Crippen molar-refractivity contribution in [2.24, 2.45) is 0 Å². The molecule has 20 heavy (non-hydrogen) atoms. The molecule has 0 spiro atoms. The van der Waals surface area contributed by atoms with Gasteiger partial charge in [-0.05, 0) is 43.6 Å². The first kappa shape index (κ1) is 15.3. The zero-order chi connectivity index (χ0) is 14.5. The Kier molecular flexibility index (Phi) is 5.38. The van der Waals surface area contributed by atoms with Crippen molar-refractivity contribution in [2.45, 2.75) is 38.1 Å². The summed E-state index contributed by atoms with van der Waals surface area (Å²) in [5, 5.41) is 9.19. The summed E-state index contributed by atoms with van der Waals surface area (Å²) in [7, 11) is 0. The molecule has 1 atom stereocenters. The molecule has 0 bridgehead atoms. The van der Waals surface area contributed by atoms with Crippen LogP contribution in [0.3, 0.4) is 0 Å². The Hall–Kier alpha value is -1.13. The number of halogens is 2. The first-order valence-corrected chi connectivity index (χ1v) is 7.36. The normalized spacial score (nSPS) is 18.5. The highest BCUT2D eigenvalue weighted by Gasteiger charge is 2.24. The van der Waals surface area contributed by atoms with Crippen molar-refractivity contribution < 1.29 is 14.3 Å². The summed E-state index contributed by atoms with van der Waals surface area (Å²) >= 11 is 5.82. The summed E-state index contributed by atoms with van der Waals surface area (Å²) in [6.45, 7) is 1.76. The molecular formula is C15H19ClFNO2. The van der Waals surface area contributed by atoms with Gasteiger partial charge in [0.1, 0.15) is 5.82 Å². The molecule has 1 heterocycles. The molecule has 1 N–H and O–H groups in total. The van der Waals surface area contributed by atoms with Gasteiger partial charge in [0.2, 0.25) is 0 Å². The van der Waals surface area contributed by atoms with E-state index in [1.165, 1.54) is 18.9 Å². The van der Waals surface area contributed by atoms with E-state index in [2.05, 4.69) is 4.90 Å². The van der Waals surface area contributed by atoms with Gasteiger partial charge in [-0.3, -0.25) is 9.69 Å². The van der Waals surface area contributed by atoms with Crippen molar-refractivity contribution in [2.75, 3.05) is 13.1 Å². The van der Waals surface area contributed by atoms with Crippen LogP contribution in [0, 0.1) is 5.82 Å². The minimum absolute atomic E-state index is 0.0158. The molecule has 0 saturated carbocycles. The molecule has 1 saturated heterocycles. The number of benzene rings is 1. The van der Waals surface area contributed by atoms with E-state index < -0.39 is 11.8 Å². The molecule has 0 aromatic heterocycles. The van der Waals surface area contributed by atoms with E-state index in [4.69, 9.17) is 16.7 Å². The third-order valence-corrected chi connectivity index (χ3v) is 4.07. The quantitative estimate of drug-likeness (QED) is 0.917. The van der Waals surface area contributed by atoms with Crippen LogP contribution in [-0.4, -0.2) is 29.1 Å². The number of carboxylic acids is 1. The first-order chi connectivity index (χ1) is 9.58. The van der Waals surface area contributed by atoms with Crippen molar-refractivity contribution in [3.63, 3.8) is 0 Å². The van der Waals surface area contributed by atoms with Gasteiger partial charge in [-0.15, -0.1) is 0 Å². The lowest BCUT2D eigenvalue weighted by Gasteiger charge is -2.30. The number of hydrogen-bond acceptors (Lipinski definition) is 2. The van der Waals surface area contributed by atoms with E-state index >= 15 is 0 Å². The number of likely N-dealkylation sites (tertiary alicyclic amines) is 1. The number of rotatable bonds is 4. The van der Waals surface area contributed by atoms with Crippen LogP contribution < -0.4 is 0 Å². The molecule has 1 aliphatic rings. The first-order valence-electron chi connectivity index (χ1n) is 6.98. The summed E-state index contributed by atoms with van der Waals surface area (Å²) in [5.74, 6) is -1.32. The van der Waals surface area contributed by atoms with E-state index in [0.717, 1.165) is 31.5 Å². The Bertz CT molecular complexity index is 473. The minimum Gasteiger partial charge on any atom is -0.481 e. The second-order valence-corrected chi connectivity index (χ2v) is 5.64. The summed E-state index contributed by atoms with van der Waals surface area (Å²) in [4.78, 5) is 13.3. The largest absolute Gasteiger partial charge is 0.481 e. The molecule has 1 aromatic rings. The molecule has 1 aromatic carbocycles. The summed E-state index contributed by atoms with van der Waals surface area (Å²) < 4.78 is 13.3. The Morgan fingerprint density at radius 2 is 1.95 bits per heavy atom. The Labute approximate surface area is 123 Å². The maximum Gasteiger partial charge on any atom is 0.305 e. The highest BCUT2D eigenvalue weighted by atomic mass is 35.5. The van der Waals surface area contributed by atoms with E-state index in [-0.39, 0.29) is 17.5 Å². The molecular weight excluding hydrogens is 281 g/mol. The number of hydrogen-bond donors (Lipinski definition) is 1. The van der Waals surface area contributed by atoms with E-state index in [9.17, 15) is 9.18 Å². The standard InChI is InChI=1S/C15H19ClFNO2/c16-12-9-11(5-6-13(12)17)14(10-15(19)20)18-7-3-1-2-4-8-18/h5-6,9,14H,1-4,7-8,10H2,(H,19,20). The number of carboxylic acid groups (broad SMARTS) is 1. The molecule has 0 aliphatic carbocycles. The molecule has 0 amide bonds. The molecule has 2 rings (SSSR count). The fraction of sp³-hybridized carbons (Fsp3) is 0.533. The molecule has 1 aliphatic heterocycles. The molecule has 0 radical (unpaired) electrons. The number of aliphatic carboxylic acids is 1. The van der Waals surface area contributed by atoms with Gasteiger partial charge in [-0.1, -0.05) is 30.5 Å². The van der Waals surface area contributed by atoms with Crippen molar-refractivity contribution in [3.05, 3.63) is 34.6 Å². The monoisotopic (exact) mass is 299 g/mol. The maximum absolute atomic E-state index is 13.3. The smallest absolute Gasteiger partial charge is 0.305 e. The summed E-state index contributed by atoms with van der Waals surface area (Å²) in [5.41, 5.74) is 0.778. The van der Waals surface area contributed by atoms with Crippen LogP contribution in [0.15, 0.2) is 18.2 Å². The fourth-order valence-corrected chi connectivity index (χ4v) is 2.94. The summed E-state index contributed by atoms with van der Waals surface area (Å²) in [6, 6.07) is 4.27.